The summed E-state index contributed by atoms with van der Waals surface area (Å²) in [5.74, 6) is 0.331. The summed E-state index contributed by atoms with van der Waals surface area (Å²) in [7, 11) is 0. The highest BCUT2D eigenvalue weighted by atomic mass is 16.1. The quantitative estimate of drug-likeness (QED) is 0.564. The fourth-order valence-corrected chi connectivity index (χ4v) is 3.13. The molecule has 0 atom stereocenters. The molecule has 28 heavy (non-hydrogen) atoms. The van der Waals surface area contributed by atoms with Gasteiger partial charge in [-0.2, -0.15) is 9.90 Å². The second-order valence-electron chi connectivity index (χ2n) is 6.82. The maximum absolute atomic E-state index is 12.8. The van der Waals surface area contributed by atoms with Gasteiger partial charge in [0.25, 0.3) is 5.91 Å². The molecule has 1 aliphatic rings. The molecule has 4 aromatic rings. The van der Waals surface area contributed by atoms with Gasteiger partial charge in [-0.15, -0.1) is 10.2 Å². The highest BCUT2D eigenvalue weighted by molar-refractivity contribution is 6.09. The first-order valence-corrected chi connectivity index (χ1v) is 9.04. The standard InChI is InChI=1S/C19H18N8O/c1-12-5-6-13(18-23-25-27(24-18)14-9-20-10-14)8-16(12)22-19(28)15-11-21-26-7-3-2-4-17(15)26/h2-8,11,14,20H,9-10H2,1H3,(H,22,28). The lowest BCUT2D eigenvalue weighted by molar-refractivity contribution is 0.102. The van der Waals surface area contributed by atoms with E-state index in [1.807, 2.05) is 49.5 Å². The number of tetrazole rings is 1. The number of anilines is 1. The Morgan fingerprint density at radius 1 is 1.25 bits per heavy atom. The molecule has 0 spiro atoms. The fourth-order valence-electron chi connectivity index (χ4n) is 3.13. The van der Waals surface area contributed by atoms with Crippen LogP contribution in [0.25, 0.3) is 16.9 Å². The second-order valence-corrected chi connectivity index (χ2v) is 6.82. The van der Waals surface area contributed by atoms with Crippen LogP contribution in [0.3, 0.4) is 0 Å². The smallest absolute Gasteiger partial charge is 0.259 e. The number of nitrogens with one attached hydrogen (secondary N) is 2. The van der Waals surface area contributed by atoms with E-state index >= 15 is 0 Å². The number of aryl methyl sites for hydroxylation is 1. The minimum absolute atomic E-state index is 0.210. The molecule has 3 aromatic heterocycles. The lowest BCUT2D eigenvalue weighted by Gasteiger charge is -2.24. The Bertz CT molecular complexity index is 1170. The van der Waals surface area contributed by atoms with Gasteiger partial charge in [-0.1, -0.05) is 18.2 Å². The number of pyridine rings is 1. The van der Waals surface area contributed by atoms with E-state index in [4.69, 9.17) is 0 Å². The number of aromatic nitrogens is 6. The van der Waals surface area contributed by atoms with Crippen molar-refractivity contribution in [3.63, 3.8) is 0 Å². The van der Waals surface area contributed by atoms with Crippen molar-refractivity contribution < 1.29 is 4.79 Å². The van der Waals surface area contributed by atoms with Crippen LogP contribution >= 0.6 is 0 Å². The number of hydrogen-bond donors (Lipinski definition) is 2. The Labute approximate surface area is 160 Å². The summed E-state index contributed by atoms with van der Waals surface area (Å²) in [5, 5.41) is 23.2. The molecule has 2 N–H and O–H groups in total. The van der Waals surface area contributed by atoms with Gasteiger partial charge in [0.05, 0.1) is 23.3 Å². The molecule has 1 saturated heterocycles. The van der Waals surface area contributed by atoms with Crippen LogP contribution in [0.15, 0.2) is 48.8 Å². The Morgan fingerprint density at radius 2 is 2.14 bits per heavy atom. The average molecular weight is 374 g/mol. The van der Waals surface area contributed by atoms with E-state index in [9.17, 15) is 4.79 Å². The zero-order valence-corrected chi connectivity index (χ0v) is 15.2. The third-order valence-corrected chi connectivity index (χ3v) is 4.93. The van der Waals surface area contributed by atoms with Crippen molar-refractivity contribution in [1.29, 1.82) is 0 Å². The van der Waals surface area contributed by atoms with Crippen LogP contribution < -0.4 is 10.6 Å². The fraction of sp³-hybridized carbons (Fsp3) is 0.211. The minimum Gasteiger partial charge on any atom is -0.322 e. The average Bonchev–Trinajstić information content (AvgIpc) is 3.29. The van der Waals surface area contributed by atoms with Gasteiger partial charge in [-0.3, -0.25) is 4.79 Å². The van der Waals surface area contributed by atoms with E-state index in [0.717, 1.165) is 29.7 Å². The van der Waals surface area contributed by atoms with Crippen LogP contribution in [0.4, 0.5) is 5.69 Å². The van der Waals surface area contributed by atoms with Crippen molar-refractivity contribution in [2.24, 2.45) is 0 Å². The van der Waals surface area contributed by atoms with Gasteiger partial charge >= 0.3 is 0 Å². The number of benzene rings is 1. The third kappa shape index (κ3) is 2.81. The maximum Gasteiger partial charge on any atom is 0.259 e. The summed E-state index contributed by atoms with van der Waals surface area (Å²) in [6.07, 6.45) is 3.38. The first-order chi connectivity index (χ1) is 13.7. The zero-order valence-electron chi connectivity index (χ0n) is 15.2. The van der Waals surface area contributed by atoms with E-state index < -0.39 is 0 Å². The topological polar surface area (TPSA) is 102 Å². The third-order valence-electron chi connectivity index (χ3n) is 4.93. The van der Waals surface area contributed by atoms with Crippen molar-refractivity contribution in [2.75, 3.05) is 18.4 Å². The summed E-state index contributed by atoms with van der Waals surface area (Å²) in [6.45, 7) is 3.65. The number of carbonyl (C=O) groups excluding carboxylic acids is 1. The molecule has 1 aromatic carbocycles. The van der Waals surface area contributed by atoms with Crippen LogP contribution in [0.2, 0.25) is 0 Å². The summed E-state index contributed by atoms with van der Waals surface area (Å²) in [4.78, 5) is 14.5. The second kappa shape index (κ2) is 6.54. The normalized spacial score (nSPS) is 14.2. The molecule has 1 aliphatic heterocycles. The van der Waals surface area contributed by atoms with E-state index in [0.29, 0.717) is 17.1 Å². The van der Waals surface area contributed by atoms with Gasteiger partial charge < -0.3 is 10.6 Å². The van der Waals surface area contributed by atoms with Crippen LogP contribution in [-0.2, 0) is 0 Å². The minimum atomic E-state index is -0.210. The Morgan fingerprint density at radius 3 is 2.96 bits per heavy atom. The first kappa shape index (κ1) is 16.6. The summed E-state index contributed by atoms with van der Waals surface area (Å²) >= 11 is 0. The van der Waals surface area contributed by atoms with Gasteiger partial charge in [-0.05, 0) is 35.9 Å². The van der Waals surface area contributed by atoms with Crippen molar-refractivity contribution >= 4 is 17.1 Å². The summed E-state index contributed by atoms with van der Waals surface area (Å²) in [6, 6.07) is 11.6. The van der Waals surface area contributed by atoms with E-state index in [1.54, 1.807) is 15.5 Å². The molecule has 140 valence electrons. The predicted molar refractivity (Wildman–Crippen MR) is 103 cm³/mol. The molecule has 0 unspecified atom stereocenters. The molecule has 0 saturated carbocycles. The van der Waals surface area contributed by atoms with Gasteiger partial charge in [-0.25, -0.2) is 4.52 Å². The van der Waals surface area contributed by atoms with E-state index in [1.165, 1.54) is 0 Å². The van der Waals surface area contributed by atoms with Crippen LogP contribution in [0.5, 0.6) is 0 Å². The van der Waals surface area contributed by atoms with Crippen molar-refractivity contribution in [3.8, 4) is 11.4 Å². The zero-order chi connectivity index (χ0) is 19.1. The van der Waals surface area contributed by atoms with Gasteiger partial charge in [0.2, 0.25) is 5.82 Å². The Hall–Kier alpha value is -3.59. The number of nitrogens with zero attached hydrogens (tertiary/aromatic N) is 6. The molecule has 4 heterocycles. The van der Waals surface area contributed by atoms with Gasteiger partial charge in [0, 0.05) is 30.5 Å². The molecule has 9 nitrogen and oxygen atoms in total. The summed E-state index contributed by atoms with van der Waals surface area (Å²) in [5.41, 5.74) is 3.74. The highest BCUT2D eigenvalue weighted by Gasteiger charge is 2.22. The highest BCUT2D eigenvalue weighted by Crippen LogP contribution is 2.24. The molecule has 5 rings (SSSR count). The molecule has 9 heteroatoms. The van der Waals surface area contributed by atoms with Crippen molar-refractivity contribution in [3.05, 3.63) is 59.9 Å². The molecule has 0 radical (unpaired) electrons. The number of carbonyl (C=O) groups is 1. The number of rotatable bonds is 4. The molecular formula is C19H18N8O. The molecule has 1 fully saturated rings. The van der Waals surface area contributed by atoms with Crippen molar-refractivity contribution in [2.45, 2.75) is 13.0 Å². The lowest BCUT2D eigenvalue weighted by Crippen LogP contribution is -2.44. The summed E-state index contributed by atoms with van der Waals surface area (Å²) < 4.78 is 1.68. The van der Waals surface area contributed by atoms with Crippen LogP contribution in [0, 0.1) is 6.92 Å². The molecule has 1 amide bonds. The lowest BCUT2D eigenvalue weighted by atomic mass is 10.1. The van der Waals surface area contributed by atoms with E-state index in [-0.39, 0.29) is 11.9 Å². The maximum atomic E-state index is 12.8. The Kier molecular flexibility index (Phi) is 3.87. The molecular weight excluding hydrogens is 356 g/mol. The number of hydrogen-bond acceptors (Lipinski definition) is 6. The SMILES string of the molecule is Cc1ccc(-c2nnn(C3CNC3)n2)cc1NC(=O)c1cnn2ccccc12. The number of fused-ring (bicyclic) bond motifs is 1. The van der Waals surface area contributed by atoms with Gasteiger partial charge in [0.15, 0.2) is 0 Å². The molecule has 0 bridgehead atoms. The van der Waals surface area contributed by atoms with Crippen LogP contribution in [0.1, 0.15) is 22.0 Å². The Balaban J connectivity index is 1.43. The largest absolute Gasteiger partial charge is 0.322 e. The molecule has 0 aliphatic carbocycles. The number of amides is 1. The predicted octanol–water partition coefficient (Wildman–Crippen LogP) is 1.69. The van der Waals surface area contributed by atoms with Crippen LogP contribution in [-0.4, -0.2) is 48.8 Å². The van der Waals surface area contributed by atoms with Gasteiger partial charge in [0.1, 0.15) is 0 Å². The first-order valence-electron chi connectivity index (χ1n) is 9.04. The van der Waals surface area contributed by atoms with E-state index in [2.05, 4.69) is 31.1 Å². The monoisotopic (exact) mass is 374 g/mol. The van der Waals surface area contributed by atoms with Crippen molar-refractivity contribution in [1.82, 2.24) is 35.1 Å².